The van der Waals surface area contributed by atoms with Gasteiger partial charge in [-0.25, -0.2) is 4.39 Å². The van der Waals surface area contributed by atoms with Gasteiger partial charge in [-0.05, 0) is 6.07 Å². The number of nitrogens with zero attached hydrogens (tertiary/aromatic N) is 1. The van der Waals surface area contributed by atoms with Crippen molar-refractivity contribution in [2.75, 3.05) is 5.73 Å². The van der Waals surface area contributed by atoms with Gasteiger partial charge in [0.25, 0.3) is 0 Å². The Kier molecular flexibility index (Phi) is 2.24. The van der Waals surface area contributed by atoms with Crippen LogP contribution in [0.2, 0.25) is 5.02 Å². The molecule has 0 bridgehead atoms. The molecule has 4 nitrogen and oxygen atoms in total. The number of benzene rings is 1. The van der Waals surface area contributed by atoms with E-state index in [-0.39, 0.29) is 27.9 Å². The van der Waals surface area contributed by atoms with Gasteiger partial charge >= 0.3 is 0 Å². The Balaban J connectivity index is 2.58. The molecule has 1 aromatic heterocycles. The summed E-state index contributed by atoms with van der Waals surface area (Å²) in [5.41, 5.74) is 5.42. The van der Waals surface area contributed by atoms with E-state index < -0.39 is 5.82 Å². The first-order valence-electron chi connectivity index (χ1n) is 3.98. The van der Waals surface area contributed by atoms with Gasteiger partial charge in [-0.3, -0.25) is 0 Å². The van der Waals surface area contributed by atoms with Crippen molar-refractivity contribution in [3.63, 3.8) is 0 Å². The first-order valence-corrected chi connectivity index (χ1v) is 4.36. The number of anilines is 1. The SMILES string of the molecule is Nc1cc(-c2cc(Cl)c(O)cc2F)on1. The highest BCUT2D eigenvalue weighted by Gasteiger charge is 2.13. The highest BCUT2D eigenvalue weighted by molar-refractivity contribution is 6.32. The minimum absolute atomic E-state index is 0.0290. The Labute approximate surface area is 89.1 Å². The van der Waals surface area contributed by atoms with Crippen LogP contribution in [0.4, 0.5) is 10.2 Å². The summed E-state index contributed by atoms with van der Waals surface area (Å²) in [6, 6.07) is 3.51. The number of nitrogen functional groups attached to an aromatic ring is 1. The van der Waals surface area contributed by atoms with E-state index in [0.29, 0.717) is 0 Å². The van der Waals surface area contributed by atoms with Crippen LogP contribution in [0.3, 0.4) is 0 Å². The van der Waals surface area contributed by atoms with Gasteiger partial charge in [0.1, 0.15) is 11.6 Å². The Hall–Kier alpha value is -1.75. The maximum absolute atomic E-state index is 13.4. The van der Waals surface area contributed by atoms with Crippen molar-refractivity contribution in [1.82, 2.24) is 5.16 Å². The average molecular weight is 229 g/mol. The number of phenols is 1. The van der Waals surface area contributed by atoms with Crippen molar-refractivity contribution >= 4 is 17.4 Å². The zero-order chi connectivity index (χ0) is 11.0. The molecule has 1 aromatic carbocycles. The predicted molar refractivity (Wildman–Crippen MR) is 53.0 cm³/mol. The number of aromatic nitrogens is 1. The van der Waals surface area contributed by atoms with E-state index in [1.54, 1.807) is 0 Å². The number of rotatable bonds is 1. The van der Waals surface area contributed by atoms with E-state index in [1.165, 1.54) is 12.1 Å². The number of nitrogens with two attached hydrogens (primary N) is 1. The van der Waals surface area contributed by atoms with Gasteiger partial charge in [0.05, 0.1) is 10.6 Å². The molecule has 0 saturated heterocycles. The normalized spacial score (nSPS) is 10.5. The molecule has 2 aromatic rings. The molecular weight excluding hydrogens is 223 g/mol. The summed E-state index contributed by atoms with van der Waals surface area (Å²) >= 11 is 5.63. The predicted octanol–water partition coefficient (Wildman–Crippen LogP) is 2.42. The van der Waals surface area contributed by atoms with Crippen LogP contribution in [0.1, 0.15) is 0 Å². The van der Waals surface area contributed by atoms with Crippen molar-refractivity contribution in [3.8, 4) is 17.1 Å². The summed E-state index contributed by atoms with van der Waals surface area (Å²) in [5, 5.41) is 12.6. The number of hydrogen-bond acceptors (Lipinski definition) is 4. The zero-order valence-corrected chi connectivity index (χ0v) is 8.12. The van der Waals surface area contributed by atoms with Gasteiger partial charge in [-0.1, -0.05) is 16.8 Å². The minimum Gasteiger partial charge on any atom is -0.506 e. The highest BCUT2D eigenvalue weighted by atomic mass is 35.5. The molecule has 1 heterocycles. The molecule has 78 valence electrons. The van der Waals surface area contributed by atoms with Crippen LogP contribution < -0.4 is 5.73 Å². The molecule has 0 amide bonds. The lowest BCUT2D eigenvalue weighted by molar-refractivity contribution is 0.432. The van der Waals surface area contributed by atoms with Crippen LogP contribution in [0, 0.1) is 5.82 Å². The quantitative estimate of drug-likeness (QED) is 0.786. The van der Waals surface area contributed by atoms with E-state index in [4.69, 9.17) is 27.0 Å². The van der Waals surface area contributed by atoms with Gasteiger partial charge < -0.3 is 15.4 Å². The fourth-order valence-corrected chi connectivity index (χ4v) is 1.30. The summed E-state index contributed by atoms with van der Waals surface area (Å²) in [6.07, 6.45) is 0. The first kappa shape index (κ1) is 9.79. The molecule has 0 atom stereocenters. The summed E-state index contributed by atoms with van der Waals surface area (Å²) < 4.78 is 18.1. The molecule has 0 spiro atoms. The Bertz CT molecular complexity index is 513. The Morgan fingerprint density at radius 2 is 2.13 bits per heavy atom. The number of halogens is 2. The second-order valence-corrected chi connectivity index (χ2v) is 3.31. The van der Waals surface area contributed by atoms with Gasteiger partial charge in [-0.15, -0.1) is 0 Å². The molecular formula is C9H6ClFN2O2. The lowest BCUT2D eigenvalue weighted by atomic mass is 10.1. The molecule has 0 fully saturated rings. The van der Waals surface area contributed by atoms with E-state index in [1.807, 2.05) is 0 Å². The zero-order valence-electron chi connectivity index (χ0n) is 7.37. The molecule has 0 radical (unpaired) electrons. The summed E-state index contributed by atoms with van der Waals surface area (Å²) in [4.78, 5) is 0. The van der Waals surface area contributed by atoms with Crippen LogP contribution in [-0.2, 0) is 0 Å². The average Bonchev–Trinajstić information content (AvgIpc) is 2.58. The van der Waals surface area contributed by atoms with E-state index in [9.17, 15) is 4.39 Å². The molecule has 0 aliphatic rings. The van der Waals surface area contributed by atoms with Crippen LogP contribution in [-0.4, -0.2) is 10.3 Å². The molecule has 0 aliphatic carbocycles. The van der Waals surface area contributed by atoms with Crippen LogP contribution in [0.25, 0.3) is 11.3 Å². The van der Waals surface area contributed by atoms with Gasteiger partial charge in [0.2, 0.25) is 0 Å². The van der Waals surface area contributed by atoms with Gasteiger partial charge in [0.15, 0.2) is 11.6 Å². The fraction of sp³-hybridized carbons (Fsp3) is 0. The number of phenolic OH excluding ortho intramolecular Hbond substituents is 1. The number of aromatic hydroxyl groups is 1. The third-order valence-corrected chi connectivity index (χ3v) is 2.13. The largest absolute Gasteiger partial charge is 0.506 e. The second-order valence-electron chi connectivity index (χ2n) is 2.90. The molecule has 0 saturated carbocycles. The molecule has 6 heteroatoms. The monoisotopic (exact) mass is 228 g/mol. The maximum atomic E-state index is 13.4. The first-order chi connectivity index (χ1) is 7.08. The molecule has 3 N–H and O–H groups in total. The summed E-state index contributed by atoms with van der Waals surface area (Å²) in [7, 11) is 0. The molecule has 0 aliphatic heterocycles. The third-order valence-electron chi connectivity index (χ3n) is 1.83. The maximum Gasteiger partial charge on any atom is 0.172 e. The molecule has 0 unspecified atom stereocenters. The van der Waals surface area contributed by atoms with Crippen molar-refractivity contribution in [2.24, 2.45) is 0 Å². The van der Waals surface area contributed by atoms with Crippen LogP contribution >= 0.6 is 11.6 Å². The van der Waals surface area contributed by atoms with Crippen LogP contribution in [0.5, 0.6) is 5.75 Å². The van der Waals surface area contributed by atoms with Crippen molar-refractivity contribution < 1.29 is 14.0 Å². The van der Waals surface area contributed by atoms with Gasteiger partial charge in [0, 0.05) is 12.1 Å². The lowest BCUT2D eigenvalue weighted by Crippen LogP contribution is -1.83. The van der Waals surface area contributed by atoms with Crippen molar-refractivity contribution in [1.29, 1.82) is 0 Å². The Morgan fingerprint density at radius 1 is 1.40 bits per heavy atom. The number of hydrogen-bond donors (Lipinski definition) is 2. The van der Waals surface area contributed by atoms with E-state index in [2.05, 4.69) is 5.16 Å². The molecule has 2 rings (SSSR count). The topological polar surface area (TPSA) is 72.3 Å². The summed E-state index contributed by atoms with van der Waals surface area (Å²) in [6.45, 7) is 0. The third kappa shape index (κ3) is 1.73. The minimum atomic E-state index is -0.659. The summed E-state index contributed by atoms with van der Waals surface area (Å²) in [5.74, 6) is -0.682. The van der Waals surface area contributed by atoms with Crippen LogP contribution in [0.15, 0.2) is 22.7 Å². The Morgan fingerprint density at radius 3 is 2.73 bits per heavy atom. The van der Waals surface area contributed by atoms with E-state index >= 15 is 0 Å². The van der Waals surface area contributed by atoms with Crippen molar-refractivity contribution in [3.05, 3.63) is 29.0 Å². The standard InChI is InChI=1S/C9H6ClFN2O2/c10-5-1-4(6(11)2-7(5)14)8-3-9(12)13-15-8/h1-3,14H,(H2,12,13). The van der Waals surface area contributed by atoms with E-state index in [0.717, 1.165) is 6.07 Å². The smallest absolute Gasteiger partial charge is 0.172 e. The lowest BCUT2D eigenvalue weighted by Gasteiger charge is -2.01. The second kappa shape index (κ2) is 3.43. The fourth-order valence-electron chi connectivity index (χ4n) is 1.14. The molecule has 15 heavy (non-hydrogen) atoms. The van der Waals surface area contributed by atoms with Crippen molar-refractivity contribution in [2.45, 2.75) is 0 Å². The highest BCUT2D eigenvalue weighted by Crippen LogP contribution is 2.32. The van der Waals surface area contributed by atoms with Gasteiger partial charge in [-0.2, -0.15) is 0 Å².